The van der Waals surface area contributed by atoms with E-state index < -0.39 is 44.8 Å². The molecule has 3 N–H and O–H groups in total. The summed E-state index contributed by atoms with van der Waals surface area (Å²) in [5.74, 6) is -1.76. The molecule has 2 fully saturated rings. The average Bonchev–Trinajstić information content (AvgIpc) is 3.96. The van der Waals surface area contributed by atoms with Crippen LogP contribution in [0.15, 0.2) is 85.1 Å². The second-order valence-electron chi connectivity index (χ2n) is 19.9. The van der Waals surface area contributed by atoms with Crippen LogP contribution in [0.25, 0.3) is 33.3 Å². The van der Waals surface area contributed by atoms with Crippen molar-refractivity contribution in [2.75, 3.05) is 33.9 Å². The summed E-state index contributed by atoms with van der Waals surface area (Å²) in [6, 6.07) is 24.0. The number of hydrogen-bond donors (Lipinski definition) is 3. The number of hydrazine groups is 1. The third-order valence-electron chi connectivity index (χ3n) is 14.0. The van der Waals surface area contributed by atoms with Gasteiger partial charge in [0, 0.05) is 67.8 Å². The number of fused-ring (bicyclic) bond motifs is 6. The fourth-order valence-electron chi connectivity index (χ4n) is 10.4. The van der Waals surface area contributed by atoms with E-state index in [-0.39, 0.29) is 54.4 Å². The van der Waals surface area contributed by atoms with Gasteiger partial charge in [-0.05, 0) is 116 Å². The number of amides is 3. The van der Waals surface area contributed by atoms with Crippen LogP contribution in [0.5, 0.6) is 5.75 Å². The van der Waals surface area contributed by atoms with E-state index in [1.54, 1.807) is 32.5 Å². The molecule has 3 amide bonds. The molecule has 8 rings (SSSR count). The minimum absolute atomic E-state index is 0.0409. The van der Waals surface area contributed by atoms with E-state index in [4.69, 9.17) is 19.2 Å². The Kier molecular flexibility index (Phi) is 15.1. The van der Waals surface area contributed by atoms with Crippen molar-refractivity contribution < 1.29 is 38.5 Å². The average molecular weight is 955 g/mol. The first kappa shape index (κ1) is 49.5. The Balaban J connectivity index is 1.16. The number of phenols is 1. The number of carbonyl (C=O) groups excluding carboxylic acids is 4. The molecule has 0 saturated carbocycles. The van der Waals surface area contributed by atoms with E-state index in [1.807, 2.05) is 63.2 Å². The standard InChI is InChI=1S/C54H66N6O8Si/c1-9-59-44-20-19-36-29-41(44)42(48(59)40-17-13-22-55-46(40)33(4)66-8)30-54(5,6)31-68-53(65)43-18-14-23-60(56-43)51(63)45(27-34-25-37(36)28-38(61)26-34)69-57-50(62)47(32(2)3)58(7)52(64)49-39(21-24-67-49)35-15-11-10-12-16-35/h10-13,15-17,19-20,22,25-26,28-29,32-33,39,43,45,47,49,56,61H,9,14,18,21,23-24,27,30-31H2,1-8H3,(H,57,62)/t33-,39-,43-,45-,47-,49+/m0/s1. The van der Waals surface area contributed by atoms with Gasteiger partial charge in [-0.1, -0.05) is 70.2 Å². The minimum atomic E-state index is -0.847. The molecule has 69 heavy (non-hydrogen) atoms. The fourth-order valence-corrected chi connectivity index (χ4v) is 11.5. The van der Waals surface area contributed by atoms with Crippen LogP contribution in [-0.2, 0) is 52.8 Å². The van der Waals surface area contributed by atoms with Gasteiger partial charge in [-0.25, -0.2) is 5.43 Å². The second kappa shape index (κ2) is 21.0. The van der Waals surface area contributed by atoms with Gasteiger partial charge in [-0.15, -0.1) is 0 Å². The zero-order valence-electron chi connectivity index (χ0n) is 41.1. The lowest BCUT2D eigenvalue weighted by Gasteiger charge is -2.36. The molecule has 3 aliphatic rings. The number of rotatable bonds is 11. The Bertz CT molecular complexity index is 2690. The Labute approximate surface area is 408 Å². The number of pyridine rings is 1. The zero-order chi connectivity index (χ0) is 49.1. The topological polar surface area (TPSA) is 165 Å². The number of hydrogen-bond acceptors (Lipinski definition) is 10. The first-order valence-electron chi connectivity index (χ1n) is 24.3. The van der Waals surface area contributed by atoms with Crippen molar-refractivity contribution in [3.05, 3.63) is 107 Å². The Morgan fingerprint density at radius 2 is 1.81 bits per heavy atom. The first-order valence-corrected chi connectivity index (χ1v) is 25.4. The van der Waals surface area contributed by atoms with Gasteiger partial charge in [0.05, 0.1) is 29.6 Å². The summed E-state index contributed by atoms with van der Waals surface area (Å²) in [5, 5.41) is 13.9. The molecule has 5 heterocycles. The molecule has 15 heteroatoms. The number of ether oxygens (including phenoxy) is 3. The number of nitrogens with one attached hydrogen (secondary N) is 2. The van der Waals surface area contributed by atoms with Gasteiger partial charge in [-0.2, -0.15) is 0 Å². The van der Waals surface area contributed by atoms with Crippen LogP contribution >= 0.6 is 0 Å². The molecular formula is C54H66N6O8Si. The van der Waals surface area contributed by atoms with Gasteiger partial charge < -0.3 is 33.8 Å². The molecule has 2 radical (unpaired) electrons. The normalized spacial score (nSPS) is 21.7. The summed E-state index contributed by atoms with van der Waals surface area (Å²) in [4.78, 5) is 66.6. The molecule has 5 aromatic rings. The van der Waals surface area contributed by atoms with Crippen LogP contribution < -0.4 is 10.4 Å². The largest absolute Gasteiger partial charge is 0.508 e. The van der Waals surface area contributed by atoms with Gasteiger partial charge in [0.15, 0.2) is 9.68 Å². The highest BCUT2D eigenvalue weighted by molar-refractivity contribution is 6.45. The highest BCUT2D eigenvalue weighted by Crippen LogP contribution is 2.42. The SMILES string of the molecule is CCn1c(-c2cccnc2[C@H](C)OC)c2c3cc(ccc31)-c1cc(O)cc(c1)C[C@H]([Si]NC(=O)[C@H](C(C)C)N(C)C(=O)[C@@H]1OCC[C@H]1c1ccccc1)C(=O)N1CCC[C@H](N1)C(=O)OCC(C)(C)C2. The van der Waals surface area contributed by atoms with E-state index in [0.717, 1.165) is 50.1 Å². The highest BCUT2D eigenvalue weighted by Gasteiger charge is 2.42. The number of aromatic nitrogens is 2. The molecule has 0 aliphatic carbocycles. The number of likely N-dealkylation sites (N-methyl/N-ethyl adjacent to an activating group) is 1. The van der Waals surface area contributed by atoms with Crippen LogP contribution in [0.2, 0.25) is 5.54 Å². The molecule has 0 unspecified atom stereocenters. The van der Waals surface area contributed by atoms with Gasteiger partial charge in [0.1, 0.15) is 23.9 Å². The summed E-state index contributed by atoms with van der Waals surface area (Å²) in [6.07, 6.45) is 3.25. The van der Waals surface area contributed by atoms with Crippen LogP contribution in [0.1, 0.15) is 95.2 Å². The smallest absolute Gasteiger partial charge is 0.324 e. The molecule has 3 aromatic carbocycles. The summed E-state index contributed by atoms with van der Waals surface area (Å²) in [7, 11) is 2.91. The number of cyclic esters (lactones) is 1. The van der Waals surface area contributed by atoms with E-state index in [2.05, 4.69) is 60.0 Å². The zero-order valence-corrected chi connectivity index (χ0v) is 42.1. The highest BCUT2D eigenvalue weighted by atomic mass is 28.2. The maximum absolute atomic E-state index is 14.8. The Morgan fingerprint density at radius 3 is 2.55 bits per heavy atom. The number of aryl methyl sites for hydroxylation is 1. The molecule has 6 bridgehead atoms. The van der Waals surface area contributed by atoms with Crippen molar-refractivity contribution in [1.82, 2.24) is 29.9 Å². The van der Waals surface area contributed by atoms with Crippen molar-refractivity contribution in [1.29, 1.82) is 0 Å². The lowest BCUT2D eigenvalue weighted by Crippen LogP contribution is -2.58. The van der Waals surface area contributed by atoms with Crippen LogP contribution in [0.4, 0.5) is 0 Å². The summed E-state index contributed by atoms with van der Waals surface area (Å²) in [6.45, 7) is 13.7. The first-order chi connectivity index (χ1) is 33.1. The molecule has 14 nitrogen and oxygen atoms in total. The van der Waals surface area contributed by atoms with E-state index in [0.29, 0.717) is 50.9 Å². The third-order valence-corrected chi connectivity index (χ3v) is 15.2. The summed E-state index contributed by atoms with van der Waals surface area (Å²) >= 11 is 0. The van der Waals surface area contributed by atoms with E-state index in [9.17, 15) is 24.3 Å². The van der Waals surface area contributed by atoms with Crippen molar-refractivity contribution in [3.8, 4) is 28.1 Å². The van der Waals surface area contributed by atoms with Gasteiger partial charge in [0.2, 0.25) is 11.8 Å². The van der Waals surface area contributed by atoms with Crippen molar-refractivity contribution in [2.24, 2.45) is 11.3 Å². The molecule has 2 saturated heterocycles. The number of esters is 1. The van der Waals surface area contributed by atoms with Crippen molar-refractivity contribution >= 4 is 44.3 Å². The predicted molar refractivity (Wildman–Crippen MR) is 266 cm³/mol. The van der Waals surface area contributed by atoms with Crippen LogP contribution in [0.3, 0.4) is 0 Å². The molecular weight excluding hydrogens is 889 g/mol. The molecule has 3 aliphatic heterocycles. The quantitative estimate of drug-likeness (QED) is 0.0890. The molecule has 0 spiro atoms. The van der Waals surface area contributed by atoms with Crippen LogP contribution in [0, 0.1) is 11.3 Å². The van der Waals surface area contributed by atoms with E-state index >= 15 is 0 Å². The third kappa shape index (κ3) is 10.5. The maximum atomic E-state index is 14.8. The lowest BCUT2D eigenvalue weighted by atomic mass is 9.84. The monoisotopic (exact) mass is 954 g/mol. The van der Waals surface area contributed by atoms with Gasteiger partial charge in [0.25, 0.3) is 5.91 Å². The molecule has 2 aromatic heterocycles. The molecule has 364 valence electrons. The second-order valence-corrected chi connectivity index (χ2v) is 21.1. The van der Waals surface area contributed by atoms with E-state index in [1.165, 1.54) is 9.91 Å². The Morgan fingerprint density at radius 1 is 1.03 bits per heavy atom. The number of methoxy groups -OCH3 is 1. The van der Waals surface area contributed by atoms with Crippen molar-refractivity contribution in [2.45, 2.75) is 116 Å². The molecule has 6 atom stereocenters. The maximum Gasteiger partial charge on any atom is 0.324 e. The van der Waals surface area contributed by atoms with Gasteiger partial charge in [-0.3, -0.25) is 29.2 Å². The predicted octanol–water partition coefficient (Wildman–Crippen LogP) is 7.55. The fraction of sp³-hybridized carbons (Fsp3) is 0.463. The minimum Gasteiger partial charge on any atom is -0.508 e. The number of carbonyl (C=O) groups is 4. The van der Waals surface area contributed by atoms with Crippen LogP contribution in [-0.4, -0.2) is 110 Å². The lowest BCUT2D eigenvalue weighted by molar-refractivity contribution is -0.154. The summed E-state index contributed by atoms with van der Waals surface area (Å²) in [5.41, 5.74) is 10.1. The van der Waals surface area contributed by atoms with Gasteiger partial charge >= 0.3 is 5.97 Å². The van der Waals surface area contributed by atoms with Crippen molar-refractivity contribution in [3.63, 3.8) is 0 Å². The number of aromatic hydroxyl groups is 1. The number of benzene rings is 3. The number of nitrogens with zero attached hydrogens (tertiary/aromatic N) is 4. The Hall–Kier alpha value is -5.87. The summed E-state index contributed by atoms with van der Waals surface area (Å²) < 4.78 is 20.3. The number of phenolic OH excluding ortho intramolecular Hbond substituents is 1.